The minimum atomic E-state index is 0.844. The van der Waals surface area contributed by atoms with Crippen molar-refractivity contribution in [2.45, 2.75) is 6.42 Å². The van der Waals surface area contributed by atoms with Gasteiger partial charge in [-0.05, 0) is 26.1 Å². The Morgan fingerprint density at radius 2 is 1.85 bits per heavy atom. The van der Waals surface area contributed by atoms with Crippen molar-refractivity contribution >= 4 is 11.6 Å². The number of halogens is 1. The third-order valence-electron chi connectivity index (χ3n) is 1.73. The molecule has 0 saturated carbocycles. The molecule has 13 heavy (non-hydrogen) atoms. The zero-order valence-electron chi connectivity index (χ0n) is 8.13. The first-order valence-corrected chi connectivity index (χ1v) is 4.75. The Balaban J connectivity index is 2.41. The molecule has 0 aliphatic carbocycles. The van der Waals surface area contributed by atoms with Gasteiger partial charge in [0.2, 0.25) is 0 Å². The third-order valence-corrected chi connectivity index (χ3v) is 1.98. The topological polar surface area (TPSA) is 3.24 Å². The second-order valence-corrected chi connectivity index (χ2v) is 3.95. The largest absolute Gasteiger partial charge is 0.308 e. The molecular formula is C11H15ClN. The summed E-state index contributed by atoms with van der Waals surface area (Å²) < 4.78 is 0. The molecule has 0 saturated heterocycles. The van der Waals surface area contributed by atoms with Gasteiger partial charge in [-0.25, -0.2) is 0 Å². The van der Waals surface area contributed by atoms with Gasteiger partial charge >= 0.3 is 0 Å². The summed E-state index contributed by atoms with van der Waals surface area (Å²) in [6.45, 7) is 0.844. The predicted molar refractivity (Wildman–Crippen MR) is 57.8 cm³/mol. The molecule has 0 aromatic heterocycles. The summed E-state index contributed by atoms with van der Waals surface area (Å²) >= 11 is 6.09. The fourth-order valence-electron chi connectivity index (χ4n) is 1.22. The van der Waals surface area contributed by atoms with Crippen LogP contribution in [0.25, 0.3) is 0 Å². The highest BCUT2D eigenvalue weighted by Gasteiger charge is 2.07. The summed E-state index contributed by atoms with van der Waals surface area (Å²) in [6.07, 6.45) is 0.862. The summed E-state index contributed by atoms with van der Waals surface area (Å²) in [4.78, 5) is 2.07. The van der Waals surface area contributed by atoms with Crippen molar-refractivity contribution in [3.05, 3.63) is 41.3 Å². The van der Waals surface area contributed by atoms with Crippen LogP contribution in [0, 0.1) is 5.38 Å². The minimum Gasteiger partial charge on any atom is -0.308 e. The molecule has 71 valence electrons. The normalized spacial score (nSPS) is 11.2. The van der Waals surface area contributed by atoms with Crippen molar-refractivity contribution in [1.29, 1.82) is 0 Å². The van der Waals surface area contributed by atoms with E-state index < -0.39 is 0 Å². The maximum Gasteiger partial charge on any atom is 0.0819 e. The van der Waals surface area contributed by atoms with Crippen molar-refractivity contribution in [2.75, 3.05) is 20.6 Å². The first kappa shape index (κ1) is 10.6. The molecule has 0 unspecified atom stereocenters. The van der Waals surface area contributed by atoms with Gasteiger partial charge in [-0.3, -0.25) is 0 Å². The molecule has 0 bridgehead atoms. The highest BCUT2D eigenvalue weighted by atomic mass is 35.5. The van der Waals surface area contributed by atoms with Gasteiger partial charge in [0.05, 0.1) is 5.38 Å². The van der Waals surface area contributed by atoms with Gasteiger partial charge in [0, 0.05) is 6.54 Å². The quantitative estimate of drug-likeness (QED) is 0.716. The van der Waals surface area contributed by atoms with E-state index in [1.54, 1.807) is 0 Å². The monoisotopic (exact) mass is 196 g/mol. The number of benzene rings is 1. The Labute approximate surface area is 85.3 Å². The maximum absolute atomic E-state index is 6.09. The van der Waals surface area contributed by atoms with Gasteiger partial charge in [0.1, 0.15) is 0 Å². The van der Waals surface area contributed by atoms with E-state index in [1.807, 2.05) is 32.3 Å². The average Bonchev–Trinajstić information content (AvgIpc) is 2.04. The van der Waals surface area contributed by atoms with Crippen molar-refractivity contribution in [3.63, 3.8) is 0 Å². The summed E-state index contributed by atoms with van der Waals surface area (Å²) in [5.74, 6) is 0. The molecule has 0 amide bonds. The average molecular weight is 197 g/mol. The summed E-state index contributed by atoms with van der Waals surface area (Å²) in [5.41, 5.74) is 1.27. The van der Waals surface area contributed by atoms with E-state index in [1.165, 1.54) is 5.56 Å². The van der Waals surface area contributed by atoms with E-state index in [4.69, 9.17) is 11.6 Å². The lowest BCUT2D eigenvalue weighted by molar-refractivity contribution is 0.432. The molecular weight excluding hydrogens is 182 g/mol. The van der Waals surface area contributed by atoms with Crippen LogP contribution in [0.2, 0.25) is 0 Å². The van der Waals surface area contributed by atoms with E-state index >= 15 is 0 Å². The van der Waals surface area contributed by atoms with Crippen molar-refractivity contribution < 1.29 is 0 Å². The van der Waals surface area contributed by atoms with Gasteiger partial charge in [-0.2, -0.15) is 0 Å². The lowest BCUT2D eigenvalue weighted by Gasteiger charge is -2.13. The molecule has 1 aromatic carbocycles. The third kappa shape index (κ3) is 4.30. The molecule has 0 aliphatic rings. The van der Waals surface area contributed by atoms with Crippen LogP contribution in [0.5, 0.6) is 0 Å². The molecule has 0 heterocycles. The summed E-state index contributed by atoms with van der Waals surface area (Å²) in [5, 5.41) is 0.983. The number of hydrogen-bond acceptors (Lipinski definition) is 1. The van der Waals surface area contributed by atoms with Gasteiger partial charge in [0.15, 0.2) is 0 Å². The summed E-state index contributed by atoms with van der Waals surface area (Å²) in [7, 11) is 4.04. The van der Waals surface area contributed by atoms with E-state index in [0.717, 1.165) is 18.3 Å². The van der Waals surface area contributed by atoms with E-state index in [0.29, 0.717) is 0 Å². The Kier molecular flexibility index (Phi) is 4.26. The zero-order valence-corrected chi connectivity index (χ0v) is 8.88. The second kappa shape index (κ2) is 5.25. The second-order valence-electron chi connectivity index (χ2n) is 3.42. The Morgan fingerprint density at radius 1 is 1.23 bits per heavy atom. The van der Waals surface area contributed by atoms with Crippen molar-refractivity contribution in [3.8, 4) is 0 Å². The first-order valence-electron chi connectivity index (χ1n) is 4.37. The van der Waals surface area contributed by atoms with Gasteiger partial charge in [0.25, 0.3) is 0 Å². The lowest BCUT2D eigenvalue weighted by atomic mass is 10.1. The standard InChI is InChI=1S/C11H15ClN/c1-13(2)9-11(12)8-10-6-4-3-5-7-10/h3-7H,8-9H2,1-2H3. The number of rotatable bonds is 4. The molecule has 1 nitrogen and oxygen atoms in total. The molecule has 0 fully saturated rings. The van der Waals surface area contributed by atoms with Crippen LogP contribution >= 0.6 is 11.6 Å². The molecule has 1 radical (unpaired) electrons. The molecule has 2 heteroatoms. The van der Waals surface area contributed by atoms with Gasteiger partial charge in [-0.1, -0.05) is 30.3 Å². The number of nitrogens with zero attached hydrogens (tertiary/aromatic N) is 1. The van der Waals surface area contributed by atoms with Gasteiger partial charge in [-0.15, -0.1) is 11.6 Å². The van der Waals surface area contributed by atoms with Crippen LogP contribution in [0.15, 0.2) is 30.3 Å². The molecule has 0 aliphatic heterocycles. The Morgan fingerprint density at radius 3 is 2.38 bits per heavy atom. The van der Waals surface area contributed by atoms with E-state index in [-0.39, 0.29) is 0 Å². The van der Waals surface area contributed by atoms with Crippen molar-refractivity contribution in [1.82, 2.24) is 4.90 Å². The van der Waals surface area contributed by atoms with E-state index in [9.17, 15) is 0 Å². The van der Waals surface area contributed by atoms with Crippen LogP contribution in [-0.4, -0.2) is 25.5 Å². The van der Waals surface area contributed by atoms with Crippen LogP contribution < -0.4 is 0 Å². The minimum absolute atomic E-state index is 0.844. The van der Waals surface area contributed by atoms with Crippen molar-refractivity contribution in [2.24, 2.45) is 0 Å². The zero-order chi connectivity index (χ0) is 9.68. The SMILES string of the molecule is CN(C)C[C](Cl)Cc1ccccc1. The highest BCUT2D eigenvalue weighted by molar-refractivity contribution is 6.27. The summed E-state index contributed by atoms with van der Waals surface area (Å²) in [6, 6.07) is 10.3. The Hall–Kier alpha value is -0.530. The van der Waals surface area contributed by atoms with Crippen LogP contribution in [-0.2, 0) is 6.42 Å². The molecule has 1 aromatic rings. The molecule has 1 rings (SSSR count). The molecule has 0 spiro atoms. The van der Waals surface area contributed by atoms with Crippen LogP contribution in [0.1, 0.15) is 5.56 Å². The smallest absolute Gasteiger partial charge is 0.0819 e. The Bertz CT molecular complexity index is 233. The fraction of sp³-hybridized carbons (Fsp3) is 0.364. The van der Waals surface area contributed by atoms with Crippen LogP contribution in [0.3, 0.4) is 0 Å². The highest BCUT2D eigenvalue weighted by Crippen LogP contribution is 2.14. The first-order chi connectivity index (χ1) is 6.18. The fourth-order valence-corrected chi connectivity index (χ4v) is 1.61. The molecule has 0 atom stereocenters. The lowest BCUT2D eigenvalue weighted by Crippen LogP contribution is -2.18. The molecule has 0 N–H and O–H groups in total. The maximum atomic E-state index is 6.09. The van der Waals surface area contributed by atoms with E-state index in [2.05, 4.69) is 17.0 Å². The predicted octanol–water partition coefficient (Wildman–Crippen LogP) is 2.56. The van der Waals surface area contributed by atoms with Crippen LogP contribution in [0.4, 0.5) is 0 Å². The van der Waals surface area contributed by atoms with Gasteiger partial charge < -0.3 is 4.90 Å². The number of hydrogen-bond donors (Lipinski definition) is 0.